The molecule has 1 aliphatic rings. The Morgan fingerprint density at radius 2 is 2.00 bits per heavy atom. The number of para-hydroxylation sites is 1. The largest absolute Gasteiger partial charge is 0.444 e. The van der Waals surface area contributed by atoms with Gasteiger partial charge in [-0.05, 0) is 51.3 Å². The third-order valence-corrected chi connectivity index (χ3v) is 4.18. The number of hydrogen-bond donors (Lipinski definition) is 0. The molecule has 1 aliphatic heterocycles. The maximum Gasteiger partial charge on any atom is 0.410 e. The van der Waals surface area contributed by atoms with Crippen LogP contribution in [-0.2, 0) is 4.74 Å². The van der Waals surface area contributed by atoms with Gasteiger partial charge in [-0.15, -0.1) is 0 Å². The summed E-state index contributed by atoms with van der Waals surface area (Å²) in [5.41, 5.74) is 4.13. The van der Waals surface area contributed by atoms with Gasteiger partial charge in [-0.3, -0.25) is 0 Å². The number of nitrogens with zero attached hydrogens (tertiary/aromatic N) is 3. The molecular formula is C20H25N3O2. The minimum Gasteiger partial charge on any atom is -0.444 e. The molecule has 0 unspecified atom stereocenters. The quantitative estimate of drug-likeness (QED) is 0.823. The predicted molar refractivity (Wildman–Crippen MR) is 98.7 cm³/mol. The van der Waals surface area contributed by atoms with Gasteiger partial charge in [-0.2, -0.15) is 5.10 Å². The number of amides is 1. The third-order valence-electron chi connectivity index (χ3n) is 4.18. The minimum atomic E-state index is -0.463. The standard InChI is InChI=1S/C20H25N3O2/c1-15-7-5-6-8-18(15)23-14-17(13-21-23)16-9-11-22(12-10-16)19(24)25-20(2,3)4/h5-9,13-14H,10-12H2,1-4H3. The molecule has 0 aliphatic carbocycles. The number of ether oxygens (including phenoxy) is 1. The summed E-state index contributed by atoms with van der Waals surface area (Å²) in [7, 11) is 0. The van der Waals surface area contributed by atoms with Crippen molar-refractivity contribution in [2.75, 3.05) is 13.1 Å². The number of rotatable bonds is 2. The summed E-state index contributed by atoms with van der Waals surface area (Å²) in [6.07, 6.45) is 6.59. The van der Waals surface area contributed by atoms with Gasteiger partial charge in [0.05, 0.1) is 11.9 Å². The number of carbonyl (C=O) groups is 1. The second kappa shape index (κ2) is 6.75. The fraction of sp³-hybridized carbons (Fsp3) is 0.400. The summed E-state index contributed by atoms with van der Waals surface area (Å²) >= 11 is 0. The van der Waals surface area contributed by atoms with E-state index in [9.17, 15) is 4.79 Å². The van der Waals surface area contributed by atoms with Crippen molar-refractivity contribution in [3.63, 3.8) is 0 Å². The summed E-state index contributed by atoms with van der Waals surface area (Å²) in [6.45, 7) is 8.97. The zero-order valence-electron chi connectivity index (χ0n) is 15.3. The van der Waals surface area contributed by atoms with Crippen LogP contribution in [0.3, 0.4) is 0 Å². The van der Waals surface area contributed by atoms with Gasteiger partial charge in [0.2, 0.25) is 0 Å². The Morgan fingerprint density at radius 3 is 2.64 bits per heavy atom. The summed E-state index contributed by atoms with van der Waals surface area (Å²) in [5, 5.41) is 4.50. The molecule has 2 aromatic rings. The first-order chi connectivity index (χ1) is 11.8. The van der Waals surface area contributed by atoms with Crippen LogP contribution in [0, 0.1) is 6.92 Å². The highest BCUT2D eigenvalue weighted by atomic mass is 16.6. The van der Waals surface area contributed by atoms with Crippen LogP contribution in [-0.4, -0.2) is 39.5 Å². The van der Waals surface area contributed by atoms with E-state index < -0.39 is 5.60 Å². The molecular weight excluding hydrogens is 314 g/mol. The van der Waals surface area contributed by atoms with E-state index in [2.05, 4.69) is 36.4 Å². The van der Waals surface area contributed by atoms with Gasteiger partial charge in [-0.25, -0.2) is 9.48 Å². The number of carbonyl (C=O) groups excluding carboxylic acids is 1. The third kappa shape index (κ3) is 4.10. The van der Waals surface area contributed by atoms with Crippen molar-refractivity contribution in [3.05, 3.63) is 53.9 Å². The van der Waals surface area contributed by atoms with E-state index in [-0.39, 0.29) is 6.09 Å². The highest BCUT2D eigenvalue weighted by Crippen LogP contribution is 2.24. The first-order valence-electron chi connectivity index (χ1n) is 8.61. The van der Waals surface area contributed by atoms with Crippen molar-refractivity contribution in [1.29, 1.82) is 0 Å². The molecule has 0 N–H and O–H groups in total. The van der Waals surface area contributed by atoms with Crippen molar-refractivity contribution in [3.8, 4) is 5.69 Å². The predicted octanol–water partition coefficient (Wildman–Crippen LogP) is 4.20. The number of benzene rings is 1. The molecule has 1 aromatic heterocycles. The first-order valence-corrected chi connectivity index (χ1v) is 8.61. The molecule has 25 heavy (non-hydrogen) atoms. The van der Waals surface area contributed by atoms with E-state index in [4.69, 9.17) is 4.74 Å². The normalized spacial score (nSPS) is 15.0. The van der Waals surface area contributed by atoms with E-state index in [0.29, 0.717) is 13.1 Å². The maximum atomic E-state index is 12.1. The van der Waals surface area contributed by atoms with E-state index >= 15 is 0 Å². The average Bonchev–Trinajstić information content (AvgIpc) is 3.03. The molecule has 0 saturated carbocycles. The van der Waals surface area contributed by atoms with Crippen LogP contribution >= 0.6 is 0 Å². The summed E-state index contributed by atoms with van der Waals surface area (Å²) in [4.78, 5) is 13.9. The molecule has 3 rings (SSSR count). The van der Waals surface area contributed by atoms with Crippen molar-refractivity contribution < 1.29 is 9.53 Å². The van der Waals surface area contributed by atoms with Crippen LogP contribution in [0.5, 0.6) is 0 Å². The fourth-order valence-electron chi connectivity index (χ4n) is 2.86. The topological polar surface area (TPSA) is 47.4 Å². The molecule has 2 heterocycles. The van der Waals surface area contributed by atoms with Gasteiger partial charge in [0.25, 0.3) is 0 Å². The van der Waals surface area contributed by atoms with E-state index in [0.717, 1.165) is 17.7 Å². The lowest BCUT2D eigenvalue weighted by Crippen LogP contribution is -2.39. The van der Waals surface area contributed by atoms with Crippen molar-refractivity contribution in [1.82, 2.24) is 14.7 Å². The molecule has 0 spiro atoms. The SMILES string of the molecule is Cc1ccccc1-n1cc(C2=CCN(C(=O)OC(C)(C)C)CC2)cn1. The molecule has 0 radical (unpaired) electrons. The summed E-state index contributed by atoms with van der Waals surface area (Å²) in [5.74, 6) is 0. The second-order valence-electron chi connectivity index (χ2n) is 7.37. The molecule has 0 fully saturated rings. The zero-order valence-corrected chi connectivity index (χ0v) is 15.3. The molecule has 132 valence electrons. The zero-order chi connectivity index (χ0) is 18.0. The van der Waals surface area contributed by atoms with E-state index in [1.165, 1.54) is 11.1 Å². The summed E-state index contributed by atoms with van der Waals surface area (Å²) in [6, 6.07) is 8.18. The lowest BCUT2D eigenvalue weighted by Gasteiger charge is -2.29. The molecule has 5 heteroatoms. The van der Waals surface area contributed by atoms with E-state index in [1.54, 1.807) is 4.90 Å². The molecule has 5 nitrogen and oxygen atoms in total. The van der Waals surface area contributed by atoms with Gasteiger partial charge >= 0.3 is 6.09 Å². The van der Waals surface area contributed by atoms with Gasteiger partial charge in [0, 0.05) is 24.8 Å². The van der Waals surface area contributed by atoms with Gasteiger partial charge in [-0.1, -0.05) is 24.3 Å². The lowest BCUT2D eigenvalue weighted by atomic mass is 10.0. The number of aromatic nitrogens is 2. The molecule has 1 amide bonds. The Hall–Kier alpha value is -2.56. The highest BCUT2D eigenvalue weighted by molar-refractivity contribution is 5.72. The molecule has 0 bridgehead atoms. The second-order valence-corrected chi connectivity index (χ2v) is 7.37. The fourth-order valence-corrected chi connectivity index (χ4v) is 2.86. The Labute approximate surface area is 148 Å². The van der Waals surface area contributed by atoms with Gasteiger partial charge in [0.1, 0.15) is 5.60 Å². The smallest absolute Gasteiger partial charge is 0.410 e. The summed E-state index contributed by atoms with van der Waals surface area (Å²) < 4.78 is 7.34. The highest BCUT2D eigenvalue weighted by Gasteiger charge is 2.24. The Balaban J connectivity index is 1.71. The van der Waals surface area contributed by atoms with Crippen LogP contribution in [0.1, 0.15) is 38.3 Å². The Morgan fingerprint density at radius 1 is 1.24 bits per heavy atom. The molecule has 0 saturated heterocycles. The maximum absolute atomic E-state index is 12.1. The van der Waals surface area contributed by atoms with Crippen molar-refractivity contribution in [2.45, 2.75) is 39.7 Å². The average molecular weight is 339 g/mol. The molecule has 1 aromatic carbocycles. The van der Waals surface area contributed by atoms with Crippen LogP contribution < -0.4 is 0 Å². The van der Waals surface area contributed by atoms with Crippen LogP contribution in [0.25, 0.3) is 11.3 Å². The lowest BCUT2D eigenvalue weighted by molar-refractivity contribution is 0.0270. The van der Waals surface area contributed by atoms with Crippen LogP contribution in [0.4, 0.5) is 4.79 Å². The number of hydrogen-bond acceptors (Lipinski definition) is 3. The van der Waals surface area contributed by atoms with Crippen molar-refractivity contribution >= 4 is 11.7 Å². The van der Waals surface area contributed by atoms with E-state index in [1.807, 2.05) is 43.8 Å². The number of aryl methyl sites for hydroxylation is 1. The van der Waals surface area contributed by atoms with Gasteiger partial charge in [0.15, 0.2) is 0 Å². The monoisotopic (exact) mass is 339 g/mol. The minimum absolute atomic E-state index is 0.251. The van der Waals surface area contributed by atoms with Crippen LogP contribution in [0.15, 0.2) is 42.7 Å². The van der Waals surface area contributed by atoms with Gasteiger partial charge < -0.3 is 9.64 Å². The van der Waals surface area contributed by atoms with Crippen LogP contribution in [0.2, 0.25) is 0 Å². The molecule has 0 atom stereocenters. The van der Waals surface area contributed by atoms with Crippen molar-refractivity contribution in [2.24, 2.45) is 0 Å². The Bertz CT molecular complexity index is 799. The Kier molecular flexibility index (Phi) is 4.66. The first kappa shape index (κ1) is 17.3.